The van der Waals surface area contributed by atoms with Gasteiger partial charge in [-0.1, -0.05) is 56.3 Å². The molecule has 1 heterocycles. The number of hydrogen-bond donors (Lipinski definition) is 2. The second-order valence-corrected chi connectivity index (χ2v) is 11.2. The number of fused-ring (bicyclic) bond motifs is 1. The number of piperidine rings is 1. The van der Waals surface area contributed by atoms with Crippen molar-refractivity contribution in [1.29, 1.82) is 0 Å². The fraction of sp³-hybridized carbons (Fsp3) is 0.357. The summed E-state index contributed by atoms with van der Waals surface area (Å²) >= 11 is 0. The van der Waals surface area contributed by atoms with Crippen LogP contribution in [0.5, 0.6) is 0 Å². The second kappa shape index (κ2) is 10.8. The van der Waals surface area contributed by atoms with E-state index < -0.39 is 10.0 Å². The third-order valence-electron chi connectivity index (χ3n) is 6.84. The summed E-state index contributed by atoms with van der Waals surface area (Å²) in [4.78, 5) is 27.2. The summed E-state index contributed by atoms with van der Waals surface area (Å²) in [5, 5.41) is 4.13. The Bertz CT molecular complexity index is 1390. The maximum atomic E-state index is 13.5. The van der Waals surface area contributed by atoms with E-state index in [-0.39, 0.29) is 28.7 Å². The molecule has 3 aromatic rings. The number of carbonyl (C=O) groups excluding carboxylic acids is 2. The molecule has 0 bridgehead atoms. The average Bonchev–Trinajstić information content (AvgIpc) is 2.85. The van der Waals surface area contributed by atoms with Gasteiger partial charge in [-0.05, 0) is 49.4 Å². The van der Waals surface area contributed by atoms with Crippen LogP contribution in [0.15, 0.2) is 65.6 Å². The summed E-state index contributed by atoms with van der Waals surface area (Å²) in [6, 6.07) is 17.4. The minimum atomic E-state index is -3.84. The van der Waals surface area contributed by atoms with Gasteiger partial charge in [0.1, 0.15) is 0 Å². The molecule has 2 N–H and O–H groups in total. The van der Waals surface area contributed by atoms with Crippen molar-refractivity contribution in [3.63, 3.8) is 0 Å². The van der Waals surface area contributed by atoms with Gasteiger partial charge in [-0.2, -0.15) is 0 Å². The van der Waals surface area contributed by atoms with E-state index in [2.05, 4.69) is 10.0 Å². The summed E-state index contributed by atoms with van der Waals surface area (Å²) in [7, 11) is -3.84. The van der Waals surface area contributed by atoms with E-state index in [9.17, 15) is 18.0 Å². The van der Waals surface area contributed by atoms with Crippen molar-refractivity contribution in [2.75, 3.05) is 18.4 Å². The smallest absolute Gasteiger partial charge is 0.255 e. The number of likely N-dealkylation sites (tertiary alicyclic amines) is 1. The highest BCUT2D eigenvalue weighted by Gasteiger charge is 2.32. The van der Waals surface area contributed by atoms with Crippen LogP contribution in [0.1, 0.15) is 49.0 Å². The topological polar surface area (TPSA) is 95.6 Å². The van der Waals surface area contributed by atoms with Gasteiger partial charge in [-0.25, -0.2) is 13.1 Å². The van der Waals surface area contributed by atoms with Gasteiger partial charge in [-0.3, -0.25) is 9.59 Å². The fourth-order valence-electron chi connectivity index (χ4n) is 4.81. The Morgan fingerprint density at radius 3 is 2.39 bits per heavy atom. The monoisotopic (exact) mass is 507 g/mol. The third-order valence-corrected chi connectivity index (χ3v) is 8.39. The third kappa shape index (κ3) is 5.44. The molecule has 1 aliphatic rings. The zero-order valence-electron chi connectivity index (χ0n) is 21.0. The van der Waals surface area contributed by atoms with E-state index in [0.29, 0.717) is 48.0 Å². The Morgan fingerprint density at radius 1 is 1.00 bits per heavy atom. The van der Waals surface area contributed by atoms with Crippen LogP contribution in [0.4, 0.5) is 5.69 Å². The number of benzene rings is 3. The summed E-state index contributed by atoms with van der Waals surface area (Å²) < 4.78 is 29.9. The van der Waals surface area contributed by atoms with E-state index in [0.717, 1.165) is 12.0 Å². The summed E-state index contributed by atoms with van der Waals surface area (Å²) in [5.74, 6) is -0.126. The first kappa shape index (κ1) is 25.9. The molecule has 36 heavy (non-hydrogen) atoms. The molecule has 1 aliphatic heterocycles. The minimum absolute atomic E-state index is 0.00623. The lowest BCUT2D eigenvalue weighted by atomic mass is 9.94. The van der Waals surface area contributed by atoms with Crippen molar-refractivity contribution in [2.24, 2.45) is 5.92 Å². The number of amides is 2. The molecule has 190 valence electrons. The van der Waals surface area contributed by atoms with Gasteiger partial charge >= 0.3 is 0 Å². The predicted molar refractivity (Wildman–Crippen MR) is 142 cm³/mol. The highest BCUT2D eigenvalue weighted by molar-refractivity contribution is 7.89. The molecular formula is C28H33N3O4S. The summed E-state index contributed by atoms with van der Waals surface area (Å²) in [6.45, 7) is 6.91. The van der Waals surface area contributed by atoms with Crippen LogP contribution in [-0.2, 0) is 14.8 Å². The largest absolute Gasteiger partial charge is 0.342 e. The quantitative estimate of drug-likeness (QED) is 0.484. The van der Waals surface area contributed by atoms with E-state index in [1.165, 1.54) is 0 Å². The number of aryl methyl sites for hydroxylation is 1. The highest BCUT2D eigenvalue weighted by Crippen LogP contribution is 2.31. The lowest BCUT2D eigenvalue weighted by Crippen LogP contribution is -2.51. The van der Waals surface area contributed by atoms with E-state index >= 15 is 0 Å². The maximum absolute atomic E-state index is 13.5. The van der Waals surface area contributed by atoms with E-state index in [1.807, 2.05) is 56.0 Å². The second-order valence-electron chi connectivity index (χ2n) is 9.51. The molecule has 3 aromatic carbocycles. The van der Waals surface area contributed by atoms with Crippen LogP contribution in [0.2, 0.25) is 0 Å². The first-order valence-corrected chi connectivity index (χ1v) is 13.9. The maximum Gasteiger partial charge on any atom is 0.255 e. The number of anilines is 1. The standard InChI is InChI=1S/C28H33N3O4S/c1-4-9-27(32)31-17-16-24(20(3)18-31)30-36(34,35)26-15-14-25(22-12-7-8-13-23(22)26)29-28(33)21-11-6-5-10-19(21)2/h5-8,10-15,20,24,30H,4,9,16-18H2,1-3H3,(H,29,33)/t20-,24?/m1/s1. The SMILES string of the molecule is CCCC(=O)N1CCC(NS(=O)(=O)c2ccc(NC(=O)c3ccccc3C)c3ccccc23)[C@H](C)C1. The first-order valence-electron chi connectivity index (χ1n) is 12.4. The normalized spacial score (nSPS) is 18.2. The molecule has 4 rings (SSSR count). The molecule has 0 radical (unpaired) electrons. The van der Waals surface area contributed by atoms with Gasteiger partial charge in [0.2, 0.25) is 15.9 Å². The molecule has 0 aliphatic carbocycles. The molecule has 8 heteroatoms. The molecule has 0 saturated carbocycles. The van der Waals surface area contributed by atoms with Gasteiger partial charge < -0.3 is 10.2 Å². The van der Waals surface area contributed by atoms with E-state index in [1.54, 1.807) is 30.3 Å². The zero-order chi connectivity index (χ0) is 25.9. The molecular weight excluding hydrogens is 474 g/mol. The molecule has 7 nitrogen and oxygen atoms in total. The molecule has 0 aromatic heterocycles. The predicted octanol–water partition coefficient (Wildman–Crippen LogP) is 4.72. The number of nitrogens with zero attached hydrogens (tertiary/aromatic N) is 1. The van der Waals surface area contributed by atoms with Crippen LogP contribution < -0.4 is 10.0 Å². The van der Waals surface area contributed by atoms with Gasteiger partial charge in [0.25, 0.3) is 5.91 Å². The molecule has 0 spiro atoms. The zero-order valence-corrected chi connectivity index (χ0v) is 21.8. The number of sulfonamides is 1. The summed E-state index contributed by atoms with van der Waals surface area (Å²) in [5.41, 5.74) is 1.98. The number of nitrogens with one attached hydrogen (secondary N) is 2. The molecule has 1 unspecified atom stereocenters. The number of rotatable bonds is 7. The van der Waals surface area contributed by atoms with Crippen molar-refractivity contribution in [2.45, 2.75) is 51.0 Å². The number of hydrogen-bond acceptors (Lipinski definition) is 4. The van der Waals surface area contributed by atoms with Crippen molar-refractivity contribution in [1.82, 2.24) is 9.62 Å². The van der Waals surface area contributed by atoms with Crippen LogP contribution in [-0.4, -0.2) is 44.3 Å². The highest BCUT2D eigenvalue weighted by atomic mass is 32.2. The lowest BCUT2D eigenvalue weighted by molar-refractivity contribution is -0.133. The van der Waals surface area contributed by atoms with Crippen molar-refractivity contribution in [3.05, 3.63) is 71.8 Å². The Morgan fingerprint density at radius 2 is 1.69 bits per heavy atom. The lowest BCUT2D eigenvalue weighted by Gasteiger charge is -2.37. The molecule has 1 fully saturated rings. The Hall–Kier alpha value is -3.23. The molecule has 2 amide bonds. The number of carbonyl (C=O) groups is 2. The van der Waals surface area contributed by atoms with Crippen LogP contribution in [0.3, 0.4) is 0 Å². The van der Waals surface area contributed by atoms with Crippen LogP contribution >= 0.6 is 0 Å². The van der Waals surface area contributed by atoms with Crippen LogP contribution in [0.25, 0.3) is 10.8 Å². The molecule has 1 saturated heterocycles. The Balaban J connectivity index is 1.57. The van der Waals surface area contributed by atoms with Gasteiger partial charge in [0.05, 0.1) is 4.90 Å². The van der Waals surface area contributed by atoms with E-state index in [4.69, 9.17) is 0 Å². The Kier molecular flexibility index (Phi) is 7.76. The summed E-state index contributed by atoms with van der Waals surface area (Å²) in [6.07, 6.45) is 1.88. The average molecular weight is 508 g/mol. The van der Waals surface area contributed by atoms with Gasteiger partial charge in [0, 0.05) is 47.6 Å². The Labute approximate surface area is 212 Å². The fourth-order valence-corrected chi connectivity index (χ4v) is 6.40. The minimum Gasteiger partial charge on any atom is -0.342 e. The first-order chi connectivity index (χ1) is 17.2. The molecule has 2 atom stereocenters. The van der Waals surface area contributed by atoms with Crippen molar-refractivity contribution in [3.8, 4) is 0 Å². The van der Waals surface area contributed by atoms with Gasteiger partial charge in [0.15, 0.2) is 0 Å². The van der Waals surface area contributed by atoms with Gasteiger partial charge in [-0.15, -0.1) is 0 Å². The van der Waals surface area contributed by atoms with Crippen molar-refractivity contribution < 1.29 is 18.0 Å². The van der Waals surface area contributed by atoms with Crippen molar-refractivity contribution >= 4 is 38.3 Å². The van der Waals surface area contributed by atoms with Crippen LogP contribution in [0, 0.1) is 12.8 Å².